The fourth-order valence-electron chi connectivity index (χ4n) is 2.19. The average Bonchev–Trinajstić information content (AvgIpc) is 2.64. The number of phenols is 1. The van der Waals surface area contributed by atoms with Crippen LogP contribution >= 0.6 is 7.82 Å². The maximum absolute atomic E-state index is 11.7. The Morgan fingerprint density at radius 3 is 1.56 bits per heavy atom. The average molecular weight is 386 g/mol. The highest BCUT2D eigenvalue weighted by Gasteiger charge is 2.24. The van der Waals surface area contributed by atoms with Crippen molar-refractivity contribution in [1.82, 2.24) is 0 Å². The molecule has 0 aliphatic rings. The number of phenolic OH excluding ortho intramolecular Hbond substituents is 1. The lowest BCUT2D eigenvalue weighted by atomic mass is 10.0. The van der Waals surface area contributed by atoms with Crippen LogP contribution in [0.15, 0.2) is 72.8 Å². The van der Waals surface area contributed by atoms with Crippen molar-refractivity contribution in [2.75, 3.05) is 0 Å². The molecule has 3 aromatic rings. The fraction of sp³-hybridized carbons (Fsp3) is 0.143. The van der Waals surface area contributed by atoms with E-state index in [-0.39, 0.29) is 11.5 Å². The van der Waals surface area contributed by atoms with Crippen molar-refractivity contribution in [2.45, 2.75) is 20.8 Å². The molecule has 0 saturated carbocycles. The highest BCUT2D eigenvalue weighted by atomic mass is 31.2. The molecule has 0 amide bonds. The van der Waals surface area contributed by atoms with Crippen LogP contribution in [0.3, 0.4) is 0 Å². The van der Waals surface area contributed by atoms with Crippen LogP contribution in [0.2, 0.25) is 0 Å². The van der Waals surface area contributed by atoms with Gasteiger partial charge in [0.25, 0.3) is 0 Å². The van der Waals surface area contributed by atoms with Crippen molar-refractivity contribution >= 4 is 7.82 Å². The first-order valence-corrected chi connectivity index (χ1v) is 9.86. The van der Waals surface area contributed by atoms with Gasteiger partial charge in [0.15, 0.2) is 0 Å². The molecule has 0 spiro atoms. The summed E-state index contributed by atoms with van der Waals surface area (Å²) in [6.45, 7) is 5.99. The van der Waals surface area contributed by atoms with Crippen LogP contribution in [0.1, 0.15) is 16.7 Å². The molecule has 3 aromatic carbocycles. The van der Waals surface area contributed by atoms with E-state index >= 15 is 0 Å². The van der Waals surface area contributed by atoms with E-state index in [1.54, 1.807) is 66.7 Å². The molecule has 2 N–H and O–H groups in total. The molecule has 0 heterocycles. The Morgan fingerprint density at radius 2 is 1.15 bits per heavy atom. The Labute approximate surface area is 159 Å². The maximum atomic E-state index is 11.7. The third kappa shape index (κ3) is 6.48. The van der Waals surface area contributed by atoms with Gasteiger partial charge in [-0.15, -0.1) is 0 Å². The Bertz CT molecular complexity index is 838. The van der Waals surface area contributed by atoms with Crippen molar-refractivity contribution in [1.29, 1.82) is 0 Å². The zero-order chi connectivity index (χ0) is 19.9. The molecule has 0 aromatic heterocycles. The van der Waals surface area contributed by atoms with Gasteiger partial charge in [-0.2, -0.15) is 0 Å². The molecule has 0 aliphatic carbocycles. The summed E-state index contributed by atoms with van der Waals surface area (Å²) in [7, 11) is -4.14. The molecule has 27 heavy (non-hydrogen) atoms. The van der Waals surface area contributed by atoms with Gasteiger partial charge in [-0.25, -0.2) is 4.57 Å². The summed E-state index contributed by atoms with van der Waals surface area (Å²) in [4.78, 5) is 9.53. The lowest BCUT2D eigenvalue weighted by Gasteiger charge is -2.13. The first-order valence-electron chi connectivity index (χ1n) is 8.36. The SMILES string of the molecule is Cc1ccc(O)c(C)c1C.O=P(O)(Oc1ccccc1)Oc1ccccc1. The molecule has 0 radical (unpaired) electrons. The van der Waals surface area contributed by atoms with Crippen molar-refractivity contribution in [2.24, 2.45) is 0 Å². The summed E-state index contributed by atoms with van der Waals surface area (Å²) in [5, 5.41) is 9.22. The van der Waals surface area contributed by atoms with Gasteiger partial charge in [-0.1, -0.05) is 42.5 Å². The maximum Gasteiger partial charge on any atom is 0.584 e. The number of phosphoric ester groups is 1. The zero-order valence-electron chi connectivity index (χ0n) is 15.5. The summed E-state index contributed by atoms with van der Waals surface area (Å²) in [5.74, 6) is 0.964. The van der Waals surface area contributed by atoms with Gasteiger partial charge in [-0.05, 0) is 67.8 Å². The van der Waals surface area contributed by atoms with Gasteiger partial charge < -0.3 is 14.2 Å². The van der Waals surface area contributed by atoms with Crippen molar-refractivity contribution < 1.29 is 23.6 Å². The molecule has 0 aliphatic heterocycles. The highest BCUT2D eigenvalue weighted by Crippen LogP contribution is 2.44. The number of aromatic hydroxyl groups is 1. The van der Waals surface area contributed by atoms with Crippen LogP contribution in [-0.2, 0) is 4.57 Å². The Balaban J connectivity index is 0.000000223. The van der Waals surface area contributed by atoms with Gasteiger partial charge in [0, 0.05) is 0 Å². The van der Waals surface area contributed by atoms with Gasteiger partial charge in [0.2, 0.25) is 0 Å². The third-order valence-electron chi connectivity index (χ3n) is 3.96. The number of hydrogen-bond acceptors (Lipinski definition) is 4. The van der Waals surface area contributed by atoms with Gasteiger partial charge in [0.05, 0.1) is 0 Å². The van der Waals surface area contributed by atoms with Crippen LogP contribution in [0.5, 0.6) is 17.2 Å². The zero-order valence-corrected chi connectivity index (χ0v) is 16.4. The van der Waals surface area contributed by atoms with Crippen LogP contribution < -0.4 is 9.05 Å². The summed E-state index contributed by atoms with van der Waals surface area (Å²) < 4.78 is 21.5. The second kappa shape index (κ2) is 9.26. The lowest BCUT2D eigenvalue weighted by molar-refractivity contribution is 0.291. The van der Waals surface area contributed by atoms with Gasteiger partial charge in [0.1, 0.15) is 17.2 Å². The second-order valence-corrected chi connectivity index (χ2v) is 7.23. The quantitative estimate of drug-likeness (QED) is 0.574. The normalized spacial score (nSPS) is 10.5. The second-order valence-electron chi connectivity index (χ2n) is 5.93. The van der Waals surface area contributed by atoms with E-state index in [0.29, 0.717) is 5.75 Å². The molecule has 0 unspecified atom stereocenters. The minimum absolute atomic E-state index is 0.286. The topological polar surface area (TPSA) is 76.0 Å². The van der Waals surface area contributed by atoms with Crippen molar-refractivity contribution in [3.05, 3.63) is 89.5 Å². The number of benzene rings is 3. The highest BCUT2D eigenvalue weighted by molar-refractivity contribution is 7.48. The molecule has 0 bridgehead atoms. The van der Waals surface area contributed by atoms with E-state index in [1.807, 2.05) is 26.8 Å². The van der Waals surface area contributed by atoms with Crippen LogP contribution in [0.25, 0.3) is 0 Å². The molecule has 0 fully saturated rings. The molecule has 5 nitrogen and oxygen atoms in total. The molecular weight excluding hydrogens is 363 g/mol. The molecule has 3 rings (SSSR count). The fourth-order valence-corrected chi connectivity index (χ4v) is 3.00. The first kappa shape index (κ1) is 20.6. The van der Waals surface area contributed by atoms with E-state index in [4.69, 9.17) is 9.05 Å². The summed E-state index contributed by atoms with van der Waals surface area (Å²) in [6, 6.07) is 20.4. The predicted octanol–water partition coefficient (Wildman–Crippen LogP) is 5.56. The minimum Gasteiger partial charge on any atom is -0.508 e. The monoisotopic (exact) mass is 386 g/mol. The molecule has 142 valence electrons. The number of rotatable bonds is 4. The smallest absolute Gasteiger partial charge is 0.508 e. The predicted molar refractivity (Wildman–Crippen MR) is 106 cm³/mol. The molecule has 0 saturated heterocycles. The van der Waals surface area contributed by atoms with Crippen molar-refractivity contribution in [3.63, 3.8) is 0 Å². The lowest BCUT2D eigenvalue weighted by Crippen LogP contribution is -1.99. The summed E-state index contributed by atoms with van der Waals surface area (Å²) in [6.07, 6.45) is 0. The van der Waals surface area contributed by atoms with Gasteiger partial charge >= 0.3 is 7.82 Å². The Hall–Kier alpha value is -2.75. The van der Waals surface area contributed by atoms with Gasteiger partial charge in [-0.3, -0.25) is 4.89 Å². The van der Waals surface area contributed by atoms with Crippen molar-refractivity contribution in [3.8, 4) is 17.2 Å². The van der Waals surface area contributed by atoms with Crippen LogP contribution in [0.4, 0.5) is 0 Å². The first-order chi connectivity index (χ1) is 12.8. The molecule has 0 atom stereocenters. The number of para-hydroxylation sites is 2. The summed E-state index contributed by atoms with van der Waals surface area (Å²) in [5.41, 5.74) is 3.40. The largest absolute Gasteiger partial charge is 0.584 e. The molecule has 6 heteroatoms. The third-order valence-corrected chi connectivity index (χ3v) is 4.84. The van der Waals surface area contributed by atoms with E-state index in [9.17, 15) is 14.6 Å². The van der Waals surface area contributed by atoms with Crippen LogP contribution in [-0.4, -0.2) is 10.00 Å². The van der Waals surface area contributed by atoms with E-state index in [0.717, 1.165) is 5.56 Å². The Kier molecular flexibility index (Phi) is 7.05. The van der Waals surface area contributed by atoms with E-state index in [2.05, 4.69) is 0 Å². The Morgan fingerprint density at radius 1 is 0.704 bits per heavy atom. The van der Waals surface area contributed by atoms with E-state index < -0.39 is 7.82 Å². The number of aryl methyl sites for hydroxylation is 1. The standard InChI is InChI=1S/C12H11O4P.C9H12O/c13-17(14,15-11-7-3-1-4-8-11)16-12-9-5-2-6-10-12;1-6-4-5-9(10)8(3)7(6)2/h1-10H,(H,13,14);4-5,10H,1-3H3. The number of phosphoric acid groups is 1. The van der Waals surface area contributed by atoms with E-state index in [1.165, 1.54) is 11.1 Å². The molecular formula is C21H23O5P. The number of hydrogen-bond donors (Lipinski definition) is 2. The minimum atomic E-state index is -4.14. The van der Waals surface area contributed by atoms with Crippen LogP contribution in [0, 0.1) is 20.8 Å². The summed E-state index contributed by atoms with van der Waals surface area (Å²) >= 11 is 0.